The lowest BCUT2D eigenvalue weighted by molar-refractivity contribution is -0.133. The van der Waals surface area contributed by atoms with E-state index in [4.69, 9.17) is 5.21 Å². The molecule has 9 heteroatoms. The summed E-state index contributed by atoms with van der Waals surface area (Å²) in [7, 11) is 0. The maximum absolute atomic E-state index is 12.4. The van der Waals surface area contributed by atoms with Crippen molar-refractivity contribution in [1.82, 2.24) is 10.8 Å². The largest absolute Gasteiger partial charge is 0.391 e. The van der Waals surface area contributed by atoms with E-state index in [1.54, 1.807) is 36.4 Å². The molecule has 0 aliphatic heterocycles. The Kier molecular flexibility index (Phi) is 8.33. The van der Waals surface area contributed by atoms with Gasteiger partial charge in [0.15, 0.2) is 0 Å². The Morgan fingerprint density at radius 2 is 1.41 bits per heavy atom. The highest BCUT2D eigenvalue weighted by atomic mass is 16.5. The summed E-state index contributed by atoms with van der Waals surface area (Å²) in [4.78, 5) is 36.1. The number of hydroxylamine groups is 1. The van der Waals surface area contributed by atoms with E-state index in [-0.39, 0.29) is 18.0 Å². The summed E-state index contributed by atoms with van der Waals surface area (Å²) >= 11 is 0. The van der Waals surface area contributed by atoms with Crippen LogP contribution in [0.3, 0.4) is 0 Å². The van der Waals surface area contributed by atoms with Gasteiger partial charge in [-0.05, 0) is 54.4 Å². The number of carbonyl (C=O) groups excluding carboxylic acids is 3. The number of aliphatic hydroxyl groups excluding tert-OH is 1. The summed E-state index contributed by atoms with van der Waals surface area (Å²) in [6.45, 7) is 1.47. The summed E-state index contributed by atoms with van der Waals surface area (Å²) in [6.07, 6.45) is -1.19. The van der Waals surface area contributed by atoms with Crippen LogP contribution in [0.2, 0.25) is 0 Å². The molecular weight excluding hydrogens is 436 g/mol. The van der Waals surface area contributed by atoms with E-state index in [9.17, 15) is 19.5 Å². The molecule has 0 saturated carbocycles. The molecule has 34 heavy (non-hydrogen) atoms. The smallest absolute Gasteiger partial charge is 0.268 e. The summed E-state index contributed by atoms with van der Waals surface area (Å²) in [5.41, 5.74) is 4.96. The fraction of sp³-hybridized carbons (Fsp3) is 0.160. The third kappa shape index (κ3) is 6.64. The highest BCUT2D eigenvalue weighted by Gasteiger charge is 2.25. The van der Waals surface area contributed by atoms with E-state index in [1.165, 1.54) is 12.4 Å². The van der Waals surface area contributed by atoms with E-state index in [0.29, 0.717) is 5.69 Å². The van der Waals surface area contributed by atoms with Gasteiger partial charge in [-0.25, -0.2) is 5.48 Å². The van der Waals surface area contributed by atoms with Gasteiger partial charge in [0.2, 0.25) is 5.91 Å². The van der Waals surface area contributed by atoms with Crippen LogP contribution in [-0.2, 0) is 9.59 Å². The molecule has 3 aromatic rings. The maximum Gasteiger partial charge on any atom is 0.268 e. The number of para-hydroxylation sites is 1. The molecule has 0 fully saturated rings. The van der Waals surface area contributed by atoms with Crippen molar-refractivity contribution in [1.29, 1.82) is 0 Å². The Bertz CT molecular complexity index is 1120. The van der Waals surface area contributed by atoms with E-state index in [0.717, 1.165) is 16.8 Å². The lowest BCUT2D eigenvalue weighted by Gasteiger charge is -2.19. The van der Waals surface area contributed by atoms with Gasteiger partial charge in [-0.3, -0.25) is 19.6 Å². The number of rotatable bonds is 9. The quantitative estimate of drug-likeness (QED) is 0.213. The molecule has 3 aromatic carbocycles. The number of aliphatic hydroxyl groups is 1. The molecule has 0 saturated heterocycles. The first-order valence-electron chi connectivity index (χ1n) is 10.6. The summed E-state index contributed by atoms with van der Waals surface area (Å²) in [5.74, 6) is -1.65. The number of hydrogen-bond donors (Lipinski definition) is 6. The molecule has 3 amide bonds. The van der Waals surface area contributed by atoms with Crippen molar-refractivity contribution in [3.05, 3.63) is 84.4 Å². The highest BCUT2D eigenvalue weighted by Crippen LogP contribution is 2.22. The van der Waals surface area contributed by atoms with Crippen LogP contribution in [0.1, 0.15) is 17.3 Å². The monoisotopic (exact) mass is 462 g/mol. The zero-order chi connectivity index (χ0) is 24.5. The number of hydrogen-bond acceptors (Lipinski definition) is 6. The molecule has 6 N–H and O–H groups in total. The maximum atomic E-state index is 12.4. The second-order valence-corrected chi connectivity index (χ2v) is 7.59. The lowest BCUT2D eigenvalue weighted by Crippen LogP contribution is -2.51. The van der Waals surface area contributed by atoms with Crippen LogP contribution in [0.4, 0.5) is 11.4 Å². The number of anilines is 2. The first kappa shape index (κ1) is 24.4. The van der Waals surface area contributed by atoms with Crippen molar-refractivity contribution >= 4 is 29.1 Å². The van der Waals surface area contributed by atoms with Crippen LogP contribution in [0, 0.1) is 0 Å². The molecule has 0 aliphatic carbocycles. The second kappa shape index (κ2) is 11.6. The molecule has 0 spiro atoms. The molecule has 0 aliphatic rings. The van der Waals surface area contributed by atoms with Crippen molar-refractivity contribution in [3.63, 3.8) is 0 Å². The predicted octanol–water partition coefficient (Wildman–Crippen LogP) is 2.39. The molecule has 2 atom stereocenters. The normalized spacial score (nSPS) is 12.2. The van der Waals surface area contributed by atoms with Gasteiger partial charge < -0.3 is 21.1 Å². The molecule has 0 unspecified atom stereocenters. The Labute approximate surface area is 196 Å². The van der Waals surface area contributed by atoms with Crippen molar-refractivity contribution in [2.24, 2.45) is 0 Å². The fourth-order valence-electron chi connectivity index (χ4n) is 3.20. The Balaban J connectivity index is 1.57. The SMILES string of the molecule is C[C@@H](O)[C@H](NC(=O)c1ccc(-c2ccc(NC(=O)CNc3ccccc3)cc2)cc1)C(=O)NO. The Morgan fingerprint density at radius 1 is 0.824 bits per heavy atom. The van der Waals surface area contributed by atoms with Gasteiger partial charge in [-0.15, -0.1) is 0 Å². The second-order valence-electron chi connectivity index (χ2n) is 7.59. The molecule has 0 heterocycles. The van der Waals surface area contributed by atoms with Gasteiger partial charge >= 0.3 is 0 Å². The third-order valence-corrected chi connectivity index (χ3v) is 5.04. The fourth-order valence-corrected chi connectivity index (χ4v) is 3.20. The lowest BCUT2D eigenvalue weighted by atomic mass is 10.0. The van der Waals surface area contributed by atoms with Crippen LogP contribution in [0.5, 0.6) is 0 Å². The highest BCUT2D eigenvalue weighted by molar-refractivity contribution is 5.98. The minimum atomic E-state index is -1.29. The van der Waals surface area contributed by atoms with Gasteiger partial charge in [0.25, 0.3) is 11.8 Å². The minimum absolute atomic E-state index is 0.144. The van der Waals surface area contributed by atoms with E-state index in [1.807, 2.05) is 42.5 Å². The van der Waals surface area contributed by atoms with Crippen molar-refractivity contribution < 1.29 is 24.7 Å². The molecule has 3 rings (SSSR count). The first-order valence-corrected chi connectivity index (χ1v) is 10.6. The van der Waals surface area contributed by atoms with Gasteiger partial charge in [0, 0.05) is 16.9 Å². The average Bonchev–Trinajstić information content (AvgIpc) is 2.86. The molecule has 0 aromatic heterocycles. The minimum Gasteiger partial charge on any atom is -0.391 e. The Hall–Kier alpha value is -4.21. The third-order valence-electron chi connectivity index (χ3n) is 5.04. The summed E-state index contributed by atoms with van der Waals surface area (Å²) in [6, 6.07) is 22.1. The van der Waals surface area contributed by atoms with Crippen LogP contribution in [0.15, 0.2) is 78.9 Å². The number of carbonyl (C=O) groups is 3. The van der Waals surface area contributed by atoms with Crippen LogP contribution in [-0.4, -0.2) is 46.7 Å². The Morgan fingerprint density at radius 3 is 1.97 bits per heavy atom. The molecule has 9 nitrogen and oxygen atoms in total. The summed E-state index contributed by atoms with van der Waals surface area (Å²) in [5, 5.41) is 26.7. The standard InChI is InChI=1S/C25H26N4O5/c1-16(30)23(25(33)29-34)28-24(32)19-9-7-17(8-10-19)18-11-13-21(14-12-18)27-22(31)15-26-20-5-3-2-4-6-20/h2-14,16,23,26,30,34H,15H2,1H3,(H,27,31)(H,28,32)(H,29,33)/t16-,23+/m1/s1. The topological polar surface area (TPSA) is 140 Å². The first-order chi connectivity index (χ1) is 16.4. The van der Waals surface area contributed by atoms with E-state index >= 15 is 0 Å². The number of amides is 3. The van der Waals surface area contributed by atoms with Crippen molar-refractivity contribution in [2.75, 3.05) is 17.2 Å². The summed E-state index contributed by atoms with van der Waals surface area (Å²) < 4.78 is 0. The van der Waals surface area contributed by atoms with Gasteiger partial charge in [-0.1, -0.05) is 42.5 Å². The molecule has 0 radical (unpaired) electrons. The molecule has 0 bridgehead atoms. The zero-order valence-corrected chi connectivity index (χ0v) is 18.5. The van der Waals surface area contributed by atoms with Gasteiger partial charge in [0.05, 0.1) is 12.6 Å². The van der Waals surface area contributed by atoms with Crippen LogP contribution >= 0.6 is 0 Å². The number of nitrogens with one attached hydrogen (secondary N) is 4. The van der Waals surface area contributed by atoms with Crippen molar-refractivity contribution in [3.8, 4) is 11.1 Å². The number of benzene rings is 3. The van der Waals surface area contributed by atoms with Gasteiger partial charge in [-0.2, -0.15) is 0 Å². The predicted molar refractivity (Wildman–Crippen MR) is 128 cm³/mol. The van der Waals surface area contributed by atoms with Crippen LogP contribution < -0.4 is 21.4 Å². The van der Waals surface area contributed by atoms with Gasteiger partial charge in [0.1, 0.15) is 6.04 Å². The molecular formula is C25H26N4O5. The molecule has 176 valence electrons. The average molecular weight is 463 g/mol. The van der Waals surface area contributed by atoms with Crippen molar-refractivity contribution in [2.45, 2.75) is 19.1 Å². The zero-order valence-electron chi connectivity index (χ0n) is 18.5. The van der Waals surface area contributed by atoms with Crippen LogP contribution in [0.25, 0.3) is 11.1 Å². The van der Waals surface area contributed by atoms with E-state index in [2.05, 4.69) is 16.0 Å². The van der Waals surface area contributed by atoms with E-state index < -0.39 is 24.0 Å².